The molecule has 0 heterocycles. The van der Waals surface area contributed by atoms with Gasteiger partial charge in [0.05, 0.1) is 10.7 Å². The molecule has 1 aromatic rings. The van der Waals surface area contributed by atoms with Crippen LogP contribution in [0.25, 0.3) is 0 Å². The minimum absolute atomic E-state index is 0.0809. The number of ether oxygens (including phenoxy) is 1. The van der Waals surface area contributed by atoms with Crippen LogP contribution < -0.4 is 5.73 Å². The molecule has 1 rings (SSSR count). The average molecular weight is 214 g/mol. The number of ketones is 1. The first-order valence-corrected chi connectivity index (χ1v) is 4.69. The van der Waals surface area contributed by atoms with Gasteiger partial charge in [0, 0.05) is 12.2 Å². The lowest BCUT2D eigenvalue weighted by molar-refractivity contribution is 0.0783. The molecule has 0 saturated heterocycles. The van der Waals surface area contributed by atoms with Crippen LogP contribution in [0.1, 0.15) is 17.3 Å². The Morgan fingerprint density at radius 1 is 1.57 bits per heavy atom. The summed E-state index contributed by atoms with van der Waals surface area (Å²) in [4.78, 5) is 11.4. The summed E-state index contributed by atoms with van der Waals surface area (Å²) in [5.41, 5.74) is 6.50. The Morgan fingerprint density at radius 3 is 2.86 bits per heavy atom. The minimum atomic E-state index is -0.0878. The van der Waals surface area contributed by atoms with Gasteiger partial charge in [-0.25, -0.2) is 0 Å². The van der Waals surface area contributed by atoms with E-state index in [2.05, 4.69) is 0 Å². The summed E-state index contributed by atoms with van der Waals surface area (Å²) < 4.78 is 5.00. The molecule has 0 amide bonds. The number of benzene rings is 1. The molecule has 2 N–H and O–H groups in total. The van der Waals surface area contributed by atoms with Crippen LogP contribution in [0.2, 0.25) is 5.02 Å². The van der Waals surface area contributed by atoms with Crippen LogP contribution in [0, 0.1) is 0 Å². The van der Waals surface area contributed by atoms with Gasteiger partial charge in [-0.05, 0) is 25.1 Å². The molecule has 0 fully saturated rings. The van der Waals surface area contributed by atoms with Crippen LogP contribution in [-0.2, 0) is 4.74 Å². The SMILES string of the molecule is CCOCC(=O)c1ccc(Cl)c(N)c1. The van der Waals surface area contributed by atoms with Crippen molar-refractivity contribution >= 4 is 23.1 Å². The number of nitrogen functional groups attached to an aromatic ring is 1. The zero-order valence-corrected chi connectivity index (χ0v) is 8.67. The van der Waals surface area contributed by atoms with Crippen LogP contribution >= 0.6 is 11.6 Å². The normalized spacial score (nSPS) is 10.1. The highest BCUT2D eigenvalue weighted by molar-refractivity contribution is 6.33. The molecule has 14 heavy (non-hydrogen) atoms. The fourth-order valence-corrected chi connectivity index (χ4v) is 1.11. The Balaban J connectivity index is 2.76. The van der Waals surface area contributed by atoms with Crippen molar-refractivity contribution in [1.29, 1.82) is 0 Å². The second kappa shape index (κ2) is 4.98. The van der Waals surface area contributed by atoms with Gasteiger partial charge in [0.2, 0.25) is 0 Å². The molecule has 0 atom stereocenters. The van der Waals surface area contributed by atoms with E-state index >= 15 is 0 Å². The number of halogens is 1. The molecule has 3 nitrogen and oxygen atoms in total. The van der Waals surface area contributed by atoms with Crippen molar-refractivity contribution in [2.75, 3.05) is 18.9 Å². The number of nitrogens with two attached hydrogens (primary N) is 1. The van der Waals surface area contributed by atoms with Crippen LogP contribution in [0.4, 0.5) is 5.69 Å². The Morgan fingerprint density at radius 2 is 2.29 bits per heavy atom. The van der Waals surface area contributed by atoms with Gasteiger partial charge in [-0.1, -0.05) is 11.6 Å². The number of carbonyl (C=O) groups excluding carboxylic acids is 1. The molecule has 0 saturated carbocycles. The van der Waals surface area contributed by atoms with E-state index in [0.717, 1.165) is 0 Å². The molecular formula is C10H12ClNO2. The monoisotopic (exact) mass is 213 g/mol. The van der Waals surface area contributed by atoms with Gasteiger partial charge in [0.1, 0.15) is 6.61 Å². The van der Waals surface area contributed by atoms with E-state index in [1.54, 1.807) is 18.2 Å². The van der Waals surface area contributed by atoms with Crippen molar-refractivity contribution in [3.8, 4) is 0 Å². The van der Waals surface area contributed by atoms with Gasteiger partial charge in [-0.2, -0.15) is 0 Å². The summed E-state index contributed by atoms with van der Waals surface area (Å²) in [5, 5.41) is 0.456. The van der Waals surface area contributed by atoms with E-state index < -0.39 is 0 Å². The van der Waals surface area contributed by atoms with Crippen molar-refractivity contribution in [3.63, 3.8) is 0 Å². The van der Waals surface area contributed by atoms with Crippen LogP contribution in [0.3, 0.4) is 0 Å². The predicted octanol–water partition coefficient (Wildman–Crippen LogP) is 2.14. The topological polar surface area (TPSA) is 52.3 Å². The van der Waals surface area contributed by atoms with Crippen molar-refractivity contribution in [3.05, 3.63) is 28.8 Å². The van der Waals surface area contributed by atoms with E-state index in [1.165, 1.54) is 0 Å². The van der Waals surface area contributed by atoms with Crippen molar-refractivity contribution in [1.82, 2.24) is 0 Å². The average Bonchev–Trinajstić information content (AvgIpc) is 2.18. The molecule has 0 aliphatic heterocycles. The Hall–Kier alpha value is -1.06. The zero-order chi connectivity index (χ0) is 10.6. The van der Waals surface area contributed by atoms with E-state index in [0.29, 0.717) is 22.9 Å². The zero-order valence-electron chi connectivity index (χ0n) is 7.92. The lowest BCUT2D eigenvalue weighted by atomic mass is 10.1. The molecule has 0 unspecified atom stereocenters. The quantitative estimate of drug-likeness (QED) is 0.616. The third kappa shape index (κ3) is 2.72. The largest absolute Gasteiger partial charge is 0.398 e. The van der Waals surface area contributed by atoms with Gasteiger partial charge < -0.3 is 10.5 Å². The molecule has 76 valence electrons. The number of carbonyl (C=O) groups is 1. The van der Waals surface area contributed by atoms with Gasteiger partial charge in [0.25, 0.3) is 0 Å². The minimum Gasteiger partial charge on any atom is -0.398 e. The number of hydrogen-bond donors (Lipinski definition) is 1. The molecule has 4 heteroatoms. The third-order valence-electron chi connectivity index (χ3n) is 1.76. The highest BCUT2D eigenvalue weighted by Gasteiger charge is 2.07. The van der Waals surface area contributed by atoms with Gasteiger partial charge in [-0.3, -0.25) is 4.79 Å². The number of rotatable bonds is 4. The fraction of sp³-hybridized carbons (Fsp3) is 0.300. The summed E-state index contributed by atoms with van der Waals surface area (Å²) in [5.74, 6) is -0.0878. The first kappa shape index (κ1) is 11.0. The third-order valence-corrected chi connectivity index (χ3v) is 2.10. The maximum atomic E-state index is 11.4. The maximum Gasteiger partial charge on any atom is 0.188 e. The molecule has 0 spiro atoms. The lowest BCUT2D eigenvalue weighted by Gasteiger charge is -2.03. The highest BCUT2D eigenvalue weighted by Crippen LogP contribution is 2.19. The van der Waals surface area contributed by atoms with Crippen LogP contribution in [-0.4, -0.2) is 19.0 Å². The Labute approximate surface area is 87.8 Å². The standard InChI is InChI=1S/C10H12ClNO2/c1-2-14-6-10(13)7-3-4-8(11)9(12)5-7/h3-5H,2,6,12H2,1H3. The summed E-state index contributed by atoms with van der Waals surface area (Å²) in [6, 6.07) is 4.81. The van der Waals surface area contributed by atoms with Crippen LogP contribution in [0.5, 0.6) is 0 Å². The Bertz CT molecular complexity index is 339. The fourth-order valence-electron chi connectivity index (χ4n) is 0.995. The molecule has 1 aromatic carbocycles. The van der Waals surface area contributed by atoms with Gasteiger partial charge >= 0.3 is 0 Å². The molecule has 0 aliphatic carbocycles. The second-order valence-corrected chi connectivity index (χ2v) is 3.20. The first-order chi connectivity index (χ1) is 6.65. The van der Waals surface area contributed by atoms with E-state index in [1.807, 2.05) is 6.92 Å². The smallest absolute Gasteiger partial charge is 0.188 e. The number of Topliss-reactive ketones (excluding diaryl/α,β-unsaturated/α-hetero) is 1. The van der Waals surface area contributed by atoms with E-state index in [4.69, 9.17) is 22.1 Å². The van der Waals surface area contributed by atoms with Crippen LogP contribution in [0.15, 0.2) is 18.2 Å². The maximum absolute atomic E-state index is 11.4. The van der Waals surface area contributed by atoms with Crippen molar-refractivity contribution < 1.29 is 9.53 Å². The van der Waals surface area contributed by atoms with Gasteiger partial charge in [0.15, 0.2) is 5.78 Å². The summed E-state index contributed by atoms with van der Waals surface area (Å²) in [6.07, 6.45) is 0. The predicted molar refractivity (Wildman–Crippen MR) is 56.7 cm³/mol. The summed E-state index contributed by atoms with van der Waals surface area (Å²) >= 11 is 5.72. The molecule has 0 aliphatic rings. The van der Waals surface area contributed by atoms with E-state index in [9.17, 15) is 4.79 Å². The highest BCUT2D eigenvalue weighted by atomic mass is 35.5. The summed E-state index contributed by atoms with van der Waals surface area (Å²) in [7, 11) is 0. The first-order valence-electron chi connectivity index (χ1n) is 4.31. The van der Waals surface area contributed by atoms with E-state index in [-0.39, 0.29) is 12.4 Å². The second-order valence-electron chi connectivity index (χ2n) is 2.80. The molecule has 0 aromatic heterocycles. The van der Waals surface area contributed by atoms with Crippen molar-refractivity contribution in [2.24, 2.45) is 0 Å². The molecule has 0 radical (unpaired) electrons. The lowest BCUT2D eigenvalue weighted by Crippen LogP contribution is -2.09. The summed E-state index contributed by atoms with van der Waals surface area (Å²) in [6.45, 7) is 2.44. The van der Waals surface area contributed by atoms with Crippen molar-refractivity contribution in [2.45, 2.75) is 6.92 Å². The molecular weight excluding hydrogens is 202 g/mol. The number of anilines is 1. The Kier molecular flexibility index (Phi) is 3.92. The molecule has 0 bridgehead atoms. The van der Waals surface area contributed by atoms with Gasteiger partial charge in [-0.15, -0.1) is 0 Å². The number of hydrogen-bond acceptors (Lipinski definition) is 3.